The van der Waals surface area contributed by atoms with Gasteiger partial charge in [-0.05, 0) is 28.7 Å². The van der Waals surface area contributed by atoms with Crippen molar-refractivity contribution in [2.75, 3.05) is 0 Å². The minimum absolute atomic E-state index is 0.155. The molecule has 0 aliphatic rings. The van der Waals surface area contributed by atoms with Gasteiger partial charge in [-0.2, -0.15) is 5.10 Å². The molecule has 0 aliphatic heterocycles. The van der Waals surface area contributed by atoms with Gasteiger partial charge in [0.2, 0.25) is 0 Å². The molecule has 0 unspecified atom stereocenters. The van der Waals surface area contributed by atoms with Crippen LogP contribution in [-0.2, 0) is 6.54 Å². The molecular weight excluding hydrogens is 274 g/mol. The van der Waals surface area contributed by atoms with Crippen LogP contribution in [0.15, 0.2) is 42.7 Å². The third kappa shape index (κ3) is 2.72. The van der Waals surface area contributed by atoms with E-state index in [1.54, 1.807) is 6.20 Å². The molecule has 1 aromatic carbocycles. The molecule has 0 radical (unpaired) electrons. The lowest BCUT2D eigenvalue weighted by molar-refractivity contribution is 0.0955. The van der Waals surface area contributed by atoms with E-state index >= 15 is 0 Å². The normalized spacial score (nSPS) is 10.4. The largest absolute Gasteiger partial charge is 0.347 e. The molecule has 0 spiro atoms. The number of H-pyrrole nitrogens is 1. The van der Waals surface area contributed by atoms with Crippen LogP contribution >= 0.6 is 11.5 Å². The average Bonchev–Trinajstić information content (AvgIpc) is 3.18. The predicted octanol–water partition coefficient (Wildman–Crippen LogP) is 1.86. The van der Waals surface area contributed by atoms with Crippen molar-refractivity contribution in [1.29, 1.82) is 0 Å². The summed E-state index contributed by atoms with van der Waals surface area (Å²) in [7, 11) is 0. The number of aromatic nitrogens is 4. The van der Waals surface area contributed by atoms with Gasteiger partial charge in [0.1, 0.15) is 4.88 Å². The predicted molar refractivity (Wildman–Crippen MR) is 75.1 cm³/mol. The molecule has 7 heteroatoms. The van der Waals surface area contributed by atoms with Crippen molar-refractivity contribution in [2.24, 2.45) is 0 Å². The van der Waals surface area contributed by atoms with E-state index < -0.39 is 0 Å². The first kappa shape index (κ1) is 12.5. The van der Waals surface area contributed by atoms with E-state index in [0.29, 0.717) is 11.4 Å². The summed E-state index contributed by atoms with van der Waals surface area (Å²) in [6.45, 7) is 0.472. The van der Waals surface area contributed by atoms with E-state index in [1.165, 1.54) is 6.20 Å². The van der Waals surface area contributed by atoms with Gasteiger partial charge in [0.15, 0.2) is 0 Å². The highest BCUT2D eigenvalue weighted by Gasteiger charge is 2.07. The fourth-order valence-corrected chi connectivity index (χ4v) is 2.19. The van der Waals surface area contributed by atoms with Gasteiger partial charge in [0.05, 0.1) is 11.9 Å². The van der Waals surface area contributed by atoms with Gasteiger partial charge in [-0.15, -0.1) is 5.10 Å². The SMILES string of the molecule is O=C(NCc1ccc(-c2ccn[nH]2)cc1)c1cnns1. The number of benzene rings is 1. The van der Waals surface area contributed by atoms with Crippen molar-refractivity contribution in [1.82, 2.24) is 25.1 Å². The summed E-state index contributed by atoms with van der Waals surface area (Å²) in [6, 6.07) is 9.84. The monoisotopic (exact) mass is 285 g/mol. The van der Waals surface area contributed by atoms with Crippen molar-refractivity contribution >= 4 is 17.4 Å². The summed E-state index contributed by atoms with van der Waals surface area (Å²) >= 11 is 1.08. The van der Waals surface area contributed by atoms with Gasteiger partial charge in [-0.3, -0.25) is 9.89 Å². The second kappa shape index (κ2) is 5.62. The van der Waals surface area contributed by atoms with Crippen LogP contribution in [0.5, 0.6) is 0 Å². The number of carbonyl (C=O) groups excluding carboxylic acids is 1. The van der Waals surface area contributed by atoms with E-state index in [9.17, 15) is 4.79 Å². The maximum atomic E-state index is 11.7. The lowest BCUT2D eigenvalue weighted by Gasteiger charge is -2.04. The van der Waals surface area contributed by atoms with Gasteiger partial charge in [0.25, 0.3) is 5.91 Å². The molecule has 0 saturated carbocycles. The average molecular weight is 285 g/mol. The molecule has 6 nitrogen and oxygen atoms in total. The van der Waals surface area contributed by atoms with E-state index in [4.69, 9.17) is 0 Å². The fourth-order valence-electron chi connectivity index (χ4n) is 1.76. The maximum absolute atomic E-state index is 11.7. The number of carbonyl (C=O) groups is 1. The van der Waals surface area contributed by atoms with Gasteiger partial charge in [0, 0.05) is 12.7 Å². The summed E-state index contributed by atoms with van der Waals surface area (Å²) in [4.78, 5) is 12.3. The van der Waals surface area contributed by atoms with Crippen LogP contribution < -0.4 is 5.32 Å². The number of hydrogen-bond acceptors (Lipinski definition) is 5. The molecule has 1 amide bonds. The van der Waals surface area contributed by atoms with Crippen LogP contribution in [0.1, 0.15) is 15.2 Å². The number of nitrogens with one attached hydrogen (secondary N) is 2. The number of hydrogen-bond donors (Lipinski definition) is 2. The Morgan fingerprint density at radius 2 is 2.10 bits per heavy atom. The quantitative estimate of drug-likeness (QED) is 0.766. The van der Waals surface area contributed by atoms with Crippen LogP contribution in [0.2, 0.25) is 0 Å². The Balaban J connectivity index is 1.63. The van der Waals surface area contributed by atoms with Gasteiger partial charge in [-0.25, -0.2) is 0 Å². The molecule has 0 saturated heterocycles. The fraction of sp³-hybridized carbons (Fsp3) is 0.0769. The van der Waals surface area contributed by atoms with E-state index in [2.05, 4.69) is 25.1 Å². The Morgan fingerprint density at radius 1 is 1.25 bits per heavy atom. The summed E-state index contributed by atoms with van der Waals surface area (Å²) in [5.74, 6) is -0.155. The second-order valence-electron chi connectivity index (χ2n) is 4.13. The van der Waals surface area contributed by atoms with Crippen LogP contribution in [-0.4, -0.2) is 25.7 Å². The number of nitrogens with zero attached hydrogens (tertiary/aromatic N) is 3. The first-order valence-corrected chi connectivity index (χ1v) is 6.74. The molecule has 0 bridgehead atoms. The number of amides is 1. The van der Waals surface area contributed by atoms with Crippen molar-refractivity contribution < 1.29 is 4.79 Å². The first-order valence-electron chi connectivity index (χ1n) is 5.97. The number of rotatable bonds is 4. The van der Waals surface area contributed by atoms with Crippen molar-refractivity contribution in [2.45, 2.75) is 6.54 Å². The molecule has 2 heterocycles. The molecule has 3 aromatic rings. The van der Waals surface area contributed by atoms with Gasteiger partial charge >= 0.3 is 0 Å². The zero-order chi connectivity index (χ0) is 13.8. The molecule has 0 fully saturated rings. The molecule has 2 aromatic heterocycles. The Morgan fingerprint density at radius 3 is 2.75 bits per heavy atom. The van der Waals surface area contributed by atoms with Crippen LogP contribution in [0, 0.1) is 0 Å². The maximum Gasteiger partial charge on any atom is 0.264 e. The zero-order valence-corrected chi connectivity index (χ0v) is 11.2. The Hall–Kier alpha value is -2.54. The molecular formula is C13H11N5OS. The van der Waals surface area contributed by atoms with Gasteiger partial charge in [-0.1, -0.05) is 28.8 Å². The smallest absolute Gasteiger partial charge is 0.264 e. The molecule has 0 atom stereocenters. The van der Waals surface area contributed by atoms with E-state index in [0.717, 1.165) is 28.4 Å². The minimum atomic E-state index is -0.155. The third-order valence-corrected chi connectivity index (χ3v) is 3.47. The zero-order valence-electron chi connectivity index (χ0n) is 10.4. The molecule has 3 rings (SSSR count). The summed E-state index contributed by atoms with van der Waals surface area (Å²) in [5, 5.41) is 13.3. The van der Waals surface area contributed by atoms with E-state index in [1.807, 2.05) is 30.3 Å². The Kier molecular flexibility index (Phi) is 3.51. The van der Waals surface area contributed by atoms with E-state index in [-0.39, 0.29) is 5.91 Å². The Bertz CT molecular complexity index is 676. The molecule has 0 aliphatic carbocycles. The molecule has 20 heavy (non-hydrogen) atoms. The Labute approximate surface area is 119 Å². The minimum Gasteiger partial charge on any atom is -0.347 e. The molecule has 100 valence electrons. The third-order valence-electron chi connectivity index (χ3n) is 2.80. The topological polar surface area (TPSA) is 83.6 Å². The summed E-state index contributed by atoms with van der Waals surface area (Å²) in [6.07, 6.45) is 3.17. The van der Waals surface area contributed by atoms with Crippen LogP contribution in [0.3, 0.4) is 0 Å². The lowest BCUT2D eigenvalue weighted by Crippen LogP contribution is -2.21. The van der Waals surface area contributed by atoms with Crippen LogP contribution in [0.25, 0.3) is 11.3 Å². The first-order chi connectivity index (χ1) is 9.83. The van der Waals surface area contributed by atoms with Crippen molar-refractivity contribution in [3.8, 4) is 11.3 Å². The van der Waals surface area contributed by atoms with Crippen LogP contribution in [0.4, 0.5) is 0 Å². The number of aromatic amines is 1. The summed E-state index contributed by atoms with van der Waals surface area (Å²) < 4.78 is 3.66. The second-order valence-corrected chi connectivity index (χ2v) is 4.92. The lowest BCUT2D eigenvalue weighted by atomic mass is 10.1. The van der Waals surface area contributed by atoms with Gasteiger partial charge < -0.3 is 5.32 Å². The highest BCUT2D eigenvalue weighted by atomic mass is 32.1. The highest BCUT2D eigenvalue weighted by molar-refractivity contribution is 7.07. The molecule has 2 N–H and O–H groups in total. The summed E-state index contributed by atoms with van der Waals surface area (Å²) in [5.41, 5.74) is 3.06. The van der Waals surface area contributed by atoms with Crippen molar-refractivity contribution in [3.63, 3.8) is 0 Å². The highest BCUT2D eigenvalue weighted by Crippen LogP contribution is 2.16. The van der Waals surface area contributed by atoms with Crippen molar-refractivity contribution in [3.05, 3.63) is 53.2 Å². The standard InChI is InChI=1S/C13H11N5OS/c19-13(12-8-16-18-20-12)14-7-9-1-3-10(4-2-9)11-5-6-15-17-11/h1-6,8H,7H2,(H,14,19)(H,15,17).